The molecule has 29 heavy (non-hydrogen) atoms. The fourth-order valence-electron chi connectivity index (χ4n) is 3.08. The summed E-state index contributed by atoms with van der Waals surface area (Å²) in [4.78, 5) is 19.9. The van der Waals surface area contributed by atoms with E-state index in [1.165, 1.54) is 11.3 Å². The molecule has 0 saturated heterocycles. The van der Waals surface area contributed by atoms with Crippen molar-refractivity contribution in [1.29, 1.82) is 0 Å². The van der Waals surface area contributed by atoms with E-state index in [-0.39, 0.29) is 5.91 Å². The summed E-state index contributed by atoms with van der Waals surface area (Å²) >= 11 is 1.46. The van der Waals surface area contributed by atoms with E-state index in [1.54, 1.807) is 19.1 Å². The zero-order valence-corrected chi connectivity index (χ0v) is 18.1. The Morgan fingerprint density at radius 2 is 1.93 bits per heavy atom. The van der Waals surface area contributed by atoms with Crippen LogP contribution >= 0.6 is 11.3 Å². The number of aryl methyl sites for hydroxylation is 1. The number of benzene rings is 2. The molecule has 2 aromatic carbocycles. The number of carbonyl (C=O) groups is 1. The molecule has 3 rings (SSSR count). The molecular formula is C23H26N2O3S. The molecule has 0 aliphatic heterocycles. The Morgan fingerprint density at radius 1 is 1.14 bits per heavy atom. The highest BCUT2D eigenvalue weighted by Crippen LogP contribution is 2.36. The van der Waals surface area contributed by atoms with Gasteiger partial charge in [-0.25, -0.2) is 4.98 Å². The molecule has 1 amide bonds. The molecule has 0 fully saturated rings. The van der Waals surface area contributed by atoms with Gasteiger partial charge >= 0.3 is 0 Å². The van der Waals surface area contributed by atoms with Gasteiger partial charge in [0.25, 0.3) is 5.91 Å². The van der Waals surface area contributed by atoms with Gasteiger partial charge in [-0.3, -0.25) is 9.69 Å². The third-order valence-corrected chi connectivity index (χ3v) is 5.63. The van der Waals surface area contributed by atoms with Gasteiger partial charge in [-0.05, 0) is 43.2 Å². The van der Waals surface area contributed by atoms with Crippen molar-refractivity contribution in [1.82, 2.24) is 4.98 Å². The van der Waals surface area contributed by atoms with E-state index >= 15 is 0 Å². The fourth-order valence-corrected chi connectivity index (χ4v) is 3.93. The lowest BCUT2D eigenvalue weighted by Gasteiger charge is -2.20. The van der Waals surface area contributed by atoms with Crippen LogP contribution in [0.2, 0.25) is 0 Å². The van der Waals surface area contributed by atoms with Crippen LogP contribution in [0, 0.1) is 6.92 Å². The van der Waals surface area contributed by atoms with Gasteiger partial charge in [0.1, 0.15) is 11.5 Å². The fraction of sp³-hybridized carbons (Fsp3) is 0.304. The molecule has 0 aliphatic carbocycles. The number of amides is 1. The van der Waals surface area contributed by atoms with E-state index in [0.717, 1.165) is 35.4 Å². The number of hydrogen-bond acceptors (Lipinski definition) is 5. The topological polar surface area (TPSA) is 51.7 Å². The number of aromatic nitrogens is 1. The number of anilines is 1. The summed E-state index contributed by atoms with van der Waals surface area (Å²) in [5.74, 6) is 1.43. The largest absolute Gasteiger partial charge is 0.497 e. The van der Waals surface area contributed by atoms with Crippen molar-refractivity contribution < 1.29 is 14.3 Å². The zero-order chi connectivity index (χ0) is 20.8. The van der Waals surface area contributed by atoms with E-state index < -0.39 is 0 Å². The monoisotopic (exact) mass is 410 g/mol. The molecule has 5 nitrogen and oxygen atoms in total. The molecule has 0 saturated carbocycles. The van der Waals surface area contributed by atoms with Gasteiger partial charge < -0.3 is 9.47 Å². The van der Waals surface area contributed by atoms with Crippen molar-refractivity contribution in [3.8, 4) is 22.8 Å². The van der Waals surface area contributed by atoms with Crippen LogP contribution in [0.25, 0.3) is 11.3 Å². The van der Waals surface area contributed by atoms with Gasteiger partial charge in [-0.1, -0.05) is 31.5 Å². The molecular weight excluding hydrogens is 384 g/mol. The standard InChI is InChI=1S/C23H26N2O3S/c1-5-6-13-25(22(26)18-10-8-7-9-16(18)2)23-24-20(15-29-23)19-14-17(27-3)11-12-21(19)28-4/h7-12,14-15H,5-6,13H2,1-4H3. The third kappa shape index (κ3) is 4.59. The van der Waals surface area contributed by atoms with Crippen molar-refractivity contribution in [2.75, 3.05) is 25.7 Å². The van der Waals surface area contributed by atoms with Gasteiger partial charge in [0.2, 0.25) is 0 Å². The van der Waals surface area contributed by atoms with Crippen molar-refractivity contribution in [3.63, 3.8) is 0 Å². The Hall–Kier alpha value is -2.86. The van der Waals surface area contributed by atoms with E-state index in [0.29, 0.717) is 23.0 Å². The maximum absolute atomic E-state index is 13.3. The van der Waals surface area contributed by atoms with Crippen LogP contribution in [0.3, 0.4) is 0 Å². The van der Waals surface area contributed by atoms with Crippen LogP contribution < -0.4 is 14.4 Å². The molecule has 152 valence electrons. The zero-order valence-electron chi connectivity index (χ0n) is 17.3. The first kappa shape index (κ1) is 20.9. The minimum atomic E-state index is -0.0185. The Balaban J connectivity index is 1.98. The van der Waals surface area contributed by atoms with Crippen LogP contribution in [0.1, 0.15) is 35.7 Å². The minimum absolute atomic E-state index is 0.0185. The van der Waals surface area contributed by atoms with Crippen LogP contribution in [0.4, 0.5) is 5.13 Å². The summed E-state index contributed by atoms with van der Waals surface area (Å²) in [5.41, 5.74) is 3.28. The minimum Gasteiger partial charge on any atom is -0.497 e. The summed E-state index contributed by atoms with van der Waals surface area (Å²) in [6.07, 6.45) is 1.91. The summed E-state index contributed by atoms with van der Waals surface area (Å²) in [6.45, 7) is 4.70. The number of unbranched alkanes of at least 4 members (excludes halogenated alkanes) is 1. The smallest absolute Gasteiger partial charge is 0.260 e. The first-order chi connectivity index (χ1) is 14.1. The summed E-state index contributed by atoms with van der Waals surface area (Å²) in [7, 11) is 3.26. The van der Waals surface area contributed by atoms with Crippen LogP contribution in [-0.4, -0.2) is 31.7 Å². The van der Waals surface area contributed by atoms with Gasteiger partial charge in [0.15, 0.2) is 5.13 Å². The Morgan fingerprint density at radius 3 is 2.62 bits per heavy atom. The Kier molecular flexibility index (Phi) is 6.88. The summed E-state index contributed by atoms with van der Waals surface area (Å²) in [6, 6.07) is 13.3. The second-order valence-corrected chi connectivity index (χ2v) is 7.54. The number of rotatable bonds is 8. The predicted octanol–water partition coefficient (Wildman–Crippen LogP) is 5.58. The lowest BCUT2D eigenvalue weighted by atomic mass is 10.1. The summed E-state index contributed by atoms with van der Waals surface area (Å²) < 4.78 is 10.8. The van der Waals surface area contributed by atoms with Gasteiger partial charge in [0.05, 0.1) is 19.9 Å². The number of ether oxygens (including phenoxy) is 2. The van der Waals surface area contributed by atoms with Crippen LogP contribution in [0.5, 0.6) is 11.5 Å². The molecule has 3 aromatic rings. The highest BCUT2D eigenvalue weighted by atomic mass is 32.1. The Labute approximate surface area is 175 Å². The van der Waals surface area contributed by atoms with Gasteiger partial charge in [-0.2, -0.15) is 0 Å². The highest BCUT2D eigenvalue weighted by molar-refractivity contribution is 7.14. The van der Waals surface area contributed by atoms with Crippen LogP contribution in [0.15, 0.2) is 47.8 Å². The number of thiazole rings is 1. The van der Waals surface area contributed by atoms with Crippen molar-refractivity contribution in [2.45, 2.75) is 26.7 Å². The lowest BCUT2D eigenvalue weighted by Crippen LogP contribution is -2.32. The molecule has 6 heteroatoms. The highest BCUT2D eigenvalue weighted by Gasteiger charge is 2.22. The van der Waals surface area contributed by atoms with E-state index in [9.17, 15) is 4.79 Å². The first-order valence-corrected chi connectivity index (χ1v) is 10.5. The molecule has 0 atom stereocenters. The quantitative estimate of drug-likeness (QED) is 0.486. The second kappa shape index (κ2) is 9.56. The maximum atomic E-state index is 13.3. The molecule has 0 N–H and O–H groups in total. The molecule has 1 heterocycles. The van der Waals surface area contributed by atoms with Gasteiger partial charge in [-0.15, -0.1) is 11.3 Å². The molecule has 0 unspecified atom stereocenters. The molecule has 0 aliphatic rings. The van der Waals surface area contributed by atoms with Crippen molar-refractivity contribution >= 4 is 22.4 Å². The molecule has 0 radical (unpaired) electrons. The number of carbonyl (C=O) groups excluding carboxylic acids is 1. The van der Waals surface area contributed by atoms with E-state index in [2.05, 4.69) is 6.92 Å². The lowest BCUT2D eigenvalue weighted by molar-refractivity contribution is 0.0986. The maximum Gasteiger partial charge on any atom is 0.260 e. The van der Waals surface area contributed by atoms with E-state index in [1.807, 2.05) is 54.8 Å². The number of nitrogens with zero attached hydrogens (tertiary/aromatic N) is 2. The normalized spacial score (nSPS) is 10.6. The third-order valence-electron chi connectivity index (χ3n) is 4.76. The van der Waals surface area contributed by atoms with Crippen molar-refractivity contribution in [2.24, 2.45) is 0 Å². The average Bonchev–Trinajstić information content (AvgIpc) is 3.23. The number of hydrogen-bond donors (Lipinski definition) is 0. The molecule has 1 aromatic heterocycles. The SMILES string of the molecule is CCCCN(C(=O)c1ccccc1C)c1nc(-c2cc(OC)ccc2OC)cs1. The molecule has 0 bridgehead atoms. The predicted molar refractivity (Wildman–Crippen MR) is 118 cm³/mol. The average molecular weight is 411 g/mol. The first-order valence-electron chi connectivity index (χ1n) is 9.64. The second-order valence-electron chi connectivity index (χ2n) is 6.71. The Bertz CT molecular complexity index is 984. The molecule has 0 spiro atoms. The summed E-state index contributed by atoms with van der Waals surface area (Å²) in [5, 5.41) is 2.64. The van der Waals surface area contributed by atoms with E-state index in [4.69, 9.17) is 14.5 Å². The van der Waals surface area contributed by atoms with Crippen molar-refractivity contribution in [3.05, 3.63) is 59.0 Å². The van der Waals surface area contributed by atoms with Crippen LogP contribution in [-0.2, 0) is 0 Å². The van der Waals surface area contributed by atoms with Gasteiger partial charge in [0, 0.05) is 23.1 Å². The number of methoxy groups -OCH3 is 2.